The first kappa shape index (κ1) is 16.5. The number of halogens is 1. The van der Waals surface area contributed by atoms with E-state index >= 15 is 0 Å². The topological polar surface area (TPSA) is 37.4 Å². The van der Waals surface area contributed by atoms with E-state index in [-0.39, 0.29) is 17.5 Å². The Morgan fingerprint density at radius 2 is 1.75 bits per heavy atom. The van der Waals surface area contributed by atoms with E-state index < -0.39 is 0 Å². The van der Waals surface area contributed by atoms with Crippen molar-refractivity contribution in [3.63, 3.8) is 0 Å². The number of thioether (sulfide) groups is 1. The van der Waals surface area contributed by atoms with Crippen molar-refractivity contribution in [1.82, 2.24) is 0 Å². The summed E-state index contributed by atoms with van der Waals surface area (Å²) >= 11 is 6.49. The number of ketones is 1. The number of benzene rings is 2. The van der Waals surface area contributed by atoms with Crippen molar-refractivity contribution >= 4 is 51.8 Å². The van der Waals surface area contributed by atoms with Crippen LogP contribution in [0.1, 0.15) is 22.8 Å². The number of amides is 1. The molecule has 1 amide bonds. The van der Waals surface area contributed by atoms with Gasteiger partial charge >= 0.3 is 0 Å². The molecule has 1 saturated heterocycles. The smallest absolute Gasteiger partial charge is 0.270 e. The van der Waals surface area contributed by atoms with Crippen molar-refractivity contribution in [2.45, 2.75) is 6.92 Å². The monoisotopic (exact) mass is 357 g/mol. The minimum absolute atomic E-state index is 0.0388. The third-order valence-corrected chi connectivity index (χ3v) is 4.80. The second kappa shape index (κ2) is 6.67. The first-order valence-corrected chi connectivity index (χ1v) is 8.33. The summed E-state index contributed by atoms with van der Waals surface area (Å²) < 4.78 is 13.4. The Morgan fingerprint density at radius 1 is 1.12 bits per heavy atom. The number of carbonyl (C=O) groups is 2. The molecule has 3 rings (SSSR count). The lowest BCUT2D eigenvalue weighted by molar-refractivity contribution is -0.113. The Balaban J connectivity index is 1.88. The summed E-state index contributed by atoms with van der Waals surface area (Å²) in [5.41, 5.74) is 1.92. The molecule has 0 radical (unpaired) electrons. The standard InChI is InChI=1S/C18H12FNO2S2/c1-11(21)13-4-8-15(9-5-13)20-17(22)16(24-18(20)23)10-12-2-6-14(19)7-3-12/h2-10H,1H3/b16-10-. The summed E-state index contributed by atoms with van der Waals surface area (Å²) in [6.45, 7) is 1.49. The van der Waals surface area contributed by atoms with E-state index in [1.165, 1.54) is 35.7 Å². The number of thiocarbonyl (C=S) groups is 1. The van der Waals surface area contributed by atoms with Crippen LogP contribution in [0.25, 0.3) is 6.08 Å². The van der Waals surface area contributed by atoms with Crippen LogP contribution in [0.5, 0.6) is 0 Å². The van der Waals surface area contributed by atoms with Crippen LogP contribution in [0.2, 0.25) is 0 Å². The van der Waals surface area contributed by atoms with Gasteiger partial charge in [-0.15, -0.1) is 0 Å². The molecule has 0 spiro atoms. The highest BCUT2D eigenvalue weighted by Gasteiger charge is 2.33. The Bertz CT molecular complexity index is 858. The van der Waals surface area contributed by atoms with E-state index in [0.717, 1.165) is 5.56 Å². The zero-order valence-corrected chi connectivity index (χ0v) is 14.3. The lowest BCUT2D eigenvalue weighted by Crippen LogP contribution is -2.27. The quantitative estimate of drug-likeness (QED) is 0.462. The van der Waals surface area contributed by atoms with Crippen LogP contribution in [0.4, 0.5) is 10.1 Å². The van der Waals surface area contributed by atoms with E-state index in [0.29, 0.717) is 20.5 Å². The molecular formula is C18H12FNO2S2. The number of hydrogen-bond acceptors (Lipinski definition) is 4. The van der Waals surface area contributed by atoms with Crippen LogP contribution in [-0.2, 0) is 4.79 Å². The van der Waals surface area contributed by atoms with Gasteiger partial charge in [0, 0.05) is 5.56 Å². The number of hydrogen-bond donors (Lipinski definition) is 0. The molecule has 1 heterocycles. The average molecular weight is 357 g/mol. The molecule has 0 aromatic heterocycles. The SMILES string of the molecule is CC(=O)c1ccc(N2C(=O)/C(=C/c3ccc(F)cc3)SC2=S)cc1. The highest BCUT2D eigenvalue weighted by atomic mass is 32.2. The summed E-state index contributed by atoms with van der Waals surface area (Å²) in [6, 6.07) is 12.6. The minimum atomic E-state index is -0.328. The first-order valence-electron chi connectivity index (χ1n) is 7.10. The van der Waals surface area contributed by atoms with Crippen molar-refractivity contribution in [2.75, 3.05) is 4.90 Å². The summed E-state index contributed by atoms with van der Waals surface area (Å²) in [5.74, 6) is -0.599. The van der Waals surface area contributed by atoms with Crippen LogP contribution in [0, 0.1) is 5.82 Å². The predicted octanol–water partition coefficient (Wildman–Crippen LogP) is 4.43. The van der Waals surface area contributed by atoms with E-state index in [4.69, 9.17) is 12.2 Å². The number of Topliss-reactive ketones (excluding diaryl/α,β-unsaturated/α-hetero) is 1. The van der Waals surface area contributed by atoms with Gasteiger partial charge in [0.2, 0.25) is 0 Å². The molecule has 2 aromatic rings. The maximum absolute atomic E-state index is 13.0. The molecule has 24 heavy (non-hydrogen) atoms. The van der Waals surface area contributed by atoms with Crippen LogP contribution >= 0.6 is 24.0 Å². The van der Waals surface area contributed by atoms with Crippen LogP contribution in [-0.4, -0.2) is 16.0 Å². The Morgan fingerprint density at radius 3 is 2.33 bits per heavy atom. The average Bonchev–Trinajstić information content (AvgIpc) is 2.83. The van der Waals surface area contributed by atoms with Gasteiger partial charge in [0.25, 0.3) is 5.91 Å². The van der Waals surface area contributed by atoms with Gasteiger partial charge in [0.15, 0.2) is 10.1 Å². The van der Waals surface area contributed by atoms with Gasteiger partial charge in [-0.2, -0.15) is 0 Å². The minimum Gasteiger partial charge on any atom is -0.295 e. The van der Waals surface area contributed by atoms with Crippen LogP contribution in [0.3, 0.4) is 0 Å². The van der Waals surface area contributed by atoms with Gasteiger partial charge in [-0.25, -0.2) is 4.39 Å². The van der Waals surface area contributed by atoms with Crippen molar-refractivity contribution in [3.05, 3.63) is 70.4 Å². The highest BCUT2D eigenvalue weighted by Crippen LogP contribution is 2.36. The number of carbonyl (C=O) groups excluding carboxylic acids is 2. The maximum atomic E-state index is 13.0. The van der Waals surface area contributed by atoms with Crippen molar-refractivity contribution in [3.8, 4) is 0 Å². The van der Waals surface area contributed by atoms with Crippen LogP contribution < -0.4 is 4.90 Å². The van der Waals surface area contributed by atoms with E-state index in [9.17, 15) is 14.0 Å². The fourth-order valence-corrected chi connectivity index (χ4v) is 3.54. The number of nitrogens with zero attached hydrogens (tertiary/aromatic N) is 1. The molecular weight excluding hydrogens is 345 g/mol. The molecule has 0 unspecified atom stereocenters. The maximum Gasteiger partial charge on any atom is 0.270 e. The lowest BCUT2D eigenvalue weighted by atomic mass is 10.1. The molecule has 120 valence electrons. The summed E-state index contributed by atoms with van der Waals surface area (Å²) in [5, 5.41) is 0. The number of rotatable bonds is 3. The van der Waals surface area contributed by atoms with Crippen molar-refractivity contribution in [1.29, 1.82) is 0 Å². The van der Waals surface area contributed by atoms with Gasteiger partial charge in [-0.3, -0.25) is 14.5 Å². The molecule has 6 heteroatoms. The second-order valence-electron chi connectivity index (χ2n) is 5.17. The summed E-state index contributed by atoms with van der Waals surface area (Å²) in [7, 11) is 0. The molecule has 0 N–H and O–H groups in total. The van der Waals surface area contributed by atoms with E-state index in [2.05, 4.69) is 0 Å². The zero-order valence-electron chi connectivity index (χ0n) is 12.7. The predicted molar refractivity (Wildman–Crippen MR) is 98.5 cm³/mol. The zero-order chi connectivity index (χ0) is 17.3. The fraction of sp³-hybridized carbons (Fsp3) is 0.0556. The van der Waals surface area contributed by atoms with Crippen molar-refractivity contribution < 1.29 is 14.0 Å². The molecule has 0 bridgehead atoms. The Labute approximate surface area is 148 Å². The van der Waals surface area contributed by atoms with E-state index in [1.54, 1.807) is 42.5 Å². The molecule has 1 fully saturated rings. The van der Waals surface area contributed by atoms with Gasteiger partial charge in [-0.05, 0) is 55.0 Å². The van der Waals surface area contributed by atoms with Gasteiger partial charge in [-0.1, -0.05) is 36.1 Å². The Kier molecular flexibility index (Phi) is 4.59. The van der Waals surface area contributed by atoms with Gasteiger partial charge in [0.05, 0.1) is 10.6 Å². The molecule has 1 aliphatic heterocycles. The summed E-state index contributed by atoms with van der Waals surface area (Å²) in [4.78, 5) is 25.9. The van der Waals surface area contributed by atoms with Gasteiger partial charge in [0.1, 0.15) is 5.82 Å². The molecule has 0 atom stereocenters. The summed E-state index contributed by atoms with van der Waals surface area (Å²) in [6.07, 6.45) is 1.68. The lowest BCUT2D eigenvalue weighted by Gasteiger charge is -2.14. The third kappa shape index (κ3) is 3.29. The van der Waals surface area contributed by atoms with Crippen LogP contribution in [0.15, 0.2) is 53.4 Å². The fourth-order valence-electron chi connectivity index (χ4n) is 2.25. The second-order valence-corrected chi connectivity index (χ2v) is 6.85. The van der Waals surface area contributed by atoms with E-state index in [1.807, 2.05) is 0 Å². The molecule has 1 aliphatic rings. The molecule has 0 aliphatic carbocycles. The largest absolute Gasteiger partial charge is 0.295 e. The normalized spacial score (nSPS) is 16.1. The molecule has 2 aromatic carbocycles. The first-order chi connectivity index (χ1) is 11.5. The Hall–Kier alpha value is -2.31. The molecule has 3 nitrogen and oxygen atoms in total. The van der Waals surface area contributed by atoms with Gasteiger partial charge < -0.3 is 0 Å². The highest BCUT2D eigenvalue weighted by molar-refractivity contribution is 8.27. The molecule has 0 saturated carbocycles. The third-order valence-electron chi connectivity index (χ3n) is 3.49. The number of anilines is 1. The van der Waals surface area contributed by atoms with Crippen molar-refractivity contribution in [2.24, 2.45) is 0 Å².